The van der Waals surface area contributed by atoms with Crippen LogP contribution in [0.1, 0.15) is 173 Å². The number of hydrogen-bond acceptors (Lipinski definition) is 12. The molecule has 10 bridgehead atoms. The molecule has 396 valence electrons. The van der Waals surface area contributed by atoms with E-state index in [0.717, 1.165) is 168 Å². The first kappa shape index (κ1) is 54.9. The molecule has 12 nitrogen and oxygen atoms in total. The van der Waals surface area contributed by atoms with E-state index in [0.29, 0.717) is 79.3 Å². The molecule has 0 aromatic heterocycles. The van der Waals surface area contributed by atoms with Crippen molar-refractivity contribution >= 4 is 0 Å². The van der Waals surface area contributed by atoms with E-state index in [1.165, 1.54) is 0 Å². The number of rotatable bonds is 16. The summed E-state index contributed by atoms with van der Waals surface area (Å²) >= 11 is 0. The molecule has 0 saturated heterocycles. The highest BCUT2D eigenvalue weighted by atomic mass is 16.6. The van der Waals surface area contributed by atoms with Crippen LogP contribution < -0.4 is 37.9 Å². The summed E-state index contributed by atoms with van der Waals surface area (Å²) in [6, 6.07) is 18.0. The van der Waals surface area contributed by atoms with Gasteiger partial charge in [-0.25, -0.2) is 0 Å². The minimum absolute atomic E-state index is 0.138. The number of methoxy groups -OCH3 is 4. The maximum atomic E-state index is 6.88. The third-order valence-corrected chi connectivity index (χ3v) is 14.5. The lowest BCUT2D eigenvalue weighted by Crippen LogP contribution is -2.16. The molecule has 3 heterocycles. The van der Waals surface area contributed by atoms with Crippen molar-refractivity contribution in [1.82, 2.24) is 0 Å². The summed E-state index contributed by atoms with van der Waals surface area (Å²) in [6.07, 6.45) is 11.3. The molecule has 4 unspecified atom stereocenters. The largest absolute Gasteiger partial charge is 0.496 e. The van der Waals surface area contributed by atoms with Gasteiger partial charge in [-0.2, -0.15) is 0 Å². The SMILES string of the molecule is CCCCC1c2cc3c(cc2OC)OCCOCCOCCOc2cc(OC)c(cc21)C(CCCC)c1cc2c(OC)cc1OCCOCCOCCOc1cc(OC)c(cc1C2CCCC)C3CCCC. The summed E-state index contributed by atoms with van der Waals surface area (Å²) in [4.78, 5) is 0. The maximum absolute atomic E-state index is 6.88. The highest BCUT2D eigenvalue weighted by molar-refractivity contribution is 5.63. The first-order valence-corrected chi connectivity index (χ1v) is 27.1. The van der Waals surface area contributed by atoms with Gasteiger partial charge in [0.1, 0.15) is 72.4 Å². The smallest absolute Gasteiger partial charge is 0.126 e. The van der Waals surface area contributed by atoms with Crippen molar-refractivity contribution in [3.63, 3.8) is 0 Å². The molecule has 3 aliphatic heterocycles. The molecule has 0 N–H and O–H groups in total. The Balaban J connectivity index is 1.69. The van der Waals surface area contributed by atoms with E-state index in [4.69, 9.17) is 56.8 Å². The molecule has 0 saturated carbocycles. The first-order valence-electron chi connectivity index (χ1n) is 27.1. The van der Waals surface area contributed by atoms with Gasteiger partial charge in [0, 0.05) is 92.4 Å². The van der Waals surface area contributed by atoms with E-state index in [1.54, 1.807) is 28.4 Å². The van der Waals surface area contributed by atoms with Crippen molar-refractivity contribution in [3.8, 4) is 46.0 Å². The van der Waals surface area contributed by atoms with Crippen LogP contribution in [0.3, 0.4) is 0 Å². The van der Waals surface area contributed by atoms with Crippen molar-refractivity contribution in [1.29, 1.82) is 0 Å². The van der Waals surface area contributed by atoms with Crippen LogP contribution in [0.2, 0.25) is 0 Å². The second kappa shape index (κ2) is 28.5. The van der Waals surface area contributed by atoms with Gasteiger partial charge in [0.2, 0.25) is 0 Å². The fourth-order valence-electron chi connectivity index (χ4n) is 10.8. The number of benzene rings is 4. The highest BCUT2D eigenvalue weighted by Gasteiger charge is 2.35. The monoisotopic (exact) mass is 997 g/mol. The fourth-order valence-corrected chi connectivity index (χ4v) is 10.8. The zero-order valence-electron chi connectivity index (χ0n) is 44.8. The van der Waals surface area contributed by atoms with Gasteiger partial charge in [0.25, 0.3) is 0 Å². The van der Waals surface area contributed by atoms with Gasteiger partial charge >= 0.3 is 0 Å². The zero-order valence-corrected chi connectivity index (χ0v) is 44.8. The van der Waals surface area contributed by atoms with Crippen LogP contribution in [0, 0.1) is 0 Å². The Morgan fingerprint density at radius 2 is 0.514 bits per heavy atom. The second-order valence-electron chi connectivity index (χ2n) is 19.2. The summed E-state index contributed by atoms with van der Waals surface area (Å²) in [5.74, 6) is 5.50. The van der Waals surface area contributed by atoms with E-state index in [-0.39, 0.29) is 23.7 Å². The molecule has 0 spiro atoms. The number of ether oxygens (including phenoxy) is 12. The maximum Gasteiger partial charge on any atom is 0.126 e. The molecule has 0 fully saturated rings. The molecule has 8 rings (SSSR count). The third-order valence-electron chi connectivity index (χ3n) is 14.5. The van der Waals surface area contributed by atoms with E-state index >= 15 is 0 Å². The quantitative estimate of drug-likeness (QED) is 0.0997. The molecular weight excluding hydrogens is 913 g/mol. The van der Waals surface area contributed by atoms with Gasteiger partial charge < -0.3 is 56.8 Å². The molecule has 4 aromatic rings. The van der Waals surface area contributed by atoms with Crippen molar-refractivity contribution in [2.24, 2.45) is 0 Å². The van der Waals surface area contributed by atoms with Crippen LogP contribution in [0.15, 0.2) is 48.5 Å². The molecule has 1 aliphatic carbocycles. The minimum atomic E-state index is -0.144. The highest BCUT2D eigenvalue weighted by Crippen LogP contribution is 2.53. The summed E-state index contributed by atoms with van der Waals surface area (Å²) in [5, 5.41) is 0. The number of fused-ring (bicyclic) bond motifs is 12. The predicted molar refractivity (Wildman–Crippen MR) is 283 cm³/mol. The van der Waals surface area contributed by atoms with Crippen LogP contribution in [0.25, 0.3) is 0 Å². The van der Waals surface area contributed by atoms with Crippen LogP contribution >= 0.6 is 0 Å². The Morgan fingerprint density at radius 1 is 0.306 bits per heavy atom. The Bertz CT molecular complexity index is 2120. The second-order valence-corrected chi connectivity index (χ2v) is 19.2. The van der Waals surface area contributed by atoms with Crippen molar-refractivity contribution in [2.45, 2.75) is 128 Å². The fraction of sp³-hybridized carbons (Fsp3) is 0.600. The summed E-state index contributed by atoms with van der Waals surface area (Å²) in [7, 11) is 7.07. The normalized spacial score (nSPS) is 19.9. The lowest BCUT2D eigenvalue weighted by molar-refractivity contribution is 0.0271. The van der Waals surface area contributed by atoms with E-state index in [9.17, 15) is 0 Å². The molecule has 4 aliphatic rings. The minimum Gasteiger partial charge on any atom is -0.496 e. The molecule has 12 heteroatoms. The molecular formula is C60H84O12. The van der Waals surface area contributed by atoms with Crippen LogP contribution in [0.5, 0.6) is 46.0 Å². The Morgan fingerprint density at radius 3 is 0.708 bits per heavy atom. The predicted octanol–water partition coefficient (Wildman–Crippen LogP) is 12.9. The van der Waals surface area contributed by atoms with E-state index < -0.39 is 0 Å². The number of unbranched alkanes of at least 4 members (excludes halogenated alkanes) is 4. The molecule has 4 aromatic carbocycles. The zero-order chi connectivity index (χ0) is 50.7. The van der Waals surface area contributed by atoms with Gasteiger partial charge in [-0.15, -0.1) is 0 Å². The van der Waals surface area contributed by atoms with Gasteiger partial charge in [0.15, 0.2) is 0 Å². The van der Waals surface area contributed by atoms with Gasteiger partial charge in [-0.1, -0.05) is 79.1 Å². The van der Waals surface area contributed by atoms with Crippen molar-refractivity contribution in [2.75, 3.05) is 108 Å². The molecule has 0 radical (unpaired) electrons. The Hall–Kier alpha value is -4.88. The summed E-state index contributed by atoms with van der Waals surface area (Å²) < 4.78 is 77.7. The lowest BCUT2D eigenvalue weighted by atomic mass is 9.76. The number of hydrogen-bond donors (Lipinski definition) is 0. The van der Waals surface area contributed by atoms with Gasteiger partial charge in [0.05, 0.1) is 81.3 Å². The standard InChI is InChI=1S/C60H84O12/c1-9-13-17-41-45-33-51-44(20-16-12-4)48-36-50-42(18-14-10-2)46-34-52(60(38-54(46)62-6)72-32-28-68-24-22-66-26-30-70-58(50)40-56(48)64-8)43(19-15-11-3)47-35-49(41)57(39-55(47)63-7)69-29-25-65-21-23-67-27-31-71-59(51)37-53(45)61-5/h33-44H,9-32H2,1-8H3. The molecule has 0 amide bonds. The average Bonchev–Trinajstić information content (AvgIpc) is 3.40. The van der Waals surface area contributed by atoms with Gasteiger partial charge in [-0.05, 0) is 49.9 Å². The average molecular weight is 997 g/mol. The van der Waals surface area contributed by atoms with Crippen LogP contribution in [-0.2, 0) is 18.9 Å². The van der Waals surface area contributed by atoms with E-state index in [1.807, 2.05) is 0 Å². The summed E-state index contributed by atoms with van der Waals surface area (Å²) in [5.41, 5.74) is 8.58. The van der Waals surface area contributed by atoms with Crippen LogP contribution in [0.4, 0.5) is 0 Å². The third kappa shape index (κ3) is 13.4. The Kier molecular flexibility index (Phi) is 21.8. The Labute approximate surface area is 430 Å². The molecule has 4 atom stereocenters. The topological polar surface area (TPSA) is 111 Å². The molecule has 72 heavy (non-hydrogen) atoms. The van der Waals surface area contributed by atoms with Crippen molar-refractivity contribution < 1.29 is 56.8 Å². The van der Waals surface area contributed by atoms with Gasteiger partial charge in [-0.3, -0.25) is 0 Å². The van der Waals surface area contributed by atoms with E-state index in [2.05, 4.69) is 76.2 Å². The van der Waals surface area contributed by atoms with Crippen LogP contribution in [-0.4, -0.2) is 108 Å². The summed E-state index contributed by atoms with van der Waals surface area (Å²) in [6.45, 7) is 13.8. The lowest BCUT2D eigenvalue weighted by Gasteiger charge is -2.32. The first-order chi connectivity index (χ1) is 35.4. The van der Waals surface area contributed by atoms with Crippen molar-refractivity contribution in [3.05, 3.63) is 93.0 Å².